The molecule has 0 radical (unpaired) electrons. The Bertz CT molecular complexity index is 745. The molecule has 3 rings (SSSR count). The van der Waals surface area contributed by atoms with Crippen LogP contribution in [0.1, 0.15) is 17.4 Å². The Kier molecular flexibility index (Phi) is 4.85. The van der Waals surface area contributed by atoms with Gasteiger partial charge in [0.05, 0.1) is 18.8 Å². The lowest BCUT2D eigenvalue weighted by Crippen LogP contribution is -2.53. The molecule has 25 heavy (non-hydrogen) atoms. The lowest BCUT2D eigenvalue weighted by atomic mass is 9.97. The van der Waals surface area contributed by atoms with E-state index in [0.717, 1.165) is 0 Å². The van der Waals surface area contributed by atoms with Crippen LogP contribution >= 0.6 is 0 Å². The second-order valence-corrected chi connectivity index (χ2v) is 6.01. The van der Waals surface area contributed by atoms with Gasteiger partial charge < -0.3 is 19.0 Å². The number of nitrogens with zero attached hydrogens (tertiary/aromatic N) is 2. The van der Waals surface area contributed by atoms with Crippen LogP contribution in [0.25, 0.3) is 0 Å². The molecule has 2 aromatic rings. The van der Waals surface area contributed by atoms with E-state index in [-0.39, 0.29) is 24.2 Å². The maximum Gasteiger partial charge on any atom is 0.254 e. The number of amides is 2. The smallest absolute Gasteiger partial charge is 0.254 e. The number of hydrogen-bond donors (Lipinski definition) is 0. The average Bonchev–Trinajstić information content (AvgIpc) is 3.10. The van der Waals surface area contributed by atoms with E-state index < -0.39 is 12.1 Å². The Labute approximate surface area is 144 Å². The zero-order valence-electron chi connectivity index (χ0n) is 14.0. The number of benzene rings is 1. The molecule has 1 aromatic heterocycles. The summed E-state index contributed by atoms with van der Waals surface area (Å²) >= 11 is 0. The lowest BCUT2D eigenvalue weighted by molar-refractivity contribution is -0.167. The number of hydrogen-bond acceptors (Lipinski definition) is 4. The van der Waals surface area contributed by atoms with Gasteiger partial charge in [-0.2, -0.15) is 0 Å². The van der Waals surface area contributed by atoms with Crippen molar-refractivity contribution in [3.05, 3.63) is 59.8 Å². The minimum atomic E-state index is -0.867. The number of carbonyl (C=O) groups excluding carboxylic acids is 2. The first kappa shape index (κ1) is 17.2. The van der Waals surface area contributed by atoms with Gasteiger partial charge in [0, 0.05) is 14.1 Å². The van der Waals surface area contributed by atoms with Crippen molar-refractivity contribution in [3.63, 3.8) is 0 Å². The van der Waals surface area contributed by atoms with Crippen LogP contribution in [0, 0.1) is 5.82 Å². The Morgan fingerprint density at radius 3 is 2.68 bits per heavy atom. The molecule has 0 saturated carbocycles. The Morgan fingerprint density at radius 1 is 1.32 bits per heavy atom. The molecule has 1 aromatic carbocycles. The molecule has 1 fully saturated rings. The van der Waals surface area contributed by atoms with Crippen LogP contribution in [-0.2, 0) is 20.9 Å². The minimum Gasteiger partial charge on any atom is -0.467 e. The molecule has 1 aliphatic heterocycles. The van der Waals surface area contributed by atoms with Gasteiger partial charge in [-0.25, -0.2) is 4.39 Å². The van der Waals surface area contributed by atoms with Crippen molar-refractivity contribution in [1.29, 1.82) is 0 Å². The molecule has 2 heterocycles. The number of carbonyl (C=O) groups is 2. The van der Waals surface area contributed by atoms with Gasteiger partial charge in [-0.15, -0.1) is 0 Å². The average molecular weight is 346 g/mol. The van der Waals surface area contributed by atoms with Crippen LogP contribution in [0.3, 0.4) is 0 Å². The van der Waals surface area contributed by atoms with E-state index in [2.05, 4.69) is 0 Å². The van der Waals surface area contributed by atoms with Gasteiger partial charge in [-0.3, -0.25) is 9.59 Å². The van der Waals surface area contributed by atoms with E-state index in [1.54, 1.807) is 44.6 Å². The zero-order chi connectivity index (χ0) is 18.0. The van der Waals surface area contributed by atoms with Gasteiger partial charge >= 0.3 is 0 Å². The summed E-state index contributed by atoms with van der Waals surface area (Å²) in [6, 6.07) is 8.63. The first-order valence-corrected chi connectivity index (χ1v) is 7.87. The summed E-state index contributed by atoms with van der Waals surface area (Å²) < 4.78 is 24.0. The highest BCUT2D eigenvalue weighted by Crippen LogP contribution is 2.30. The molecule has 0 spiro atoms. The first-order chi connectivity index (χ1) is 12.0. The van der Waals surface area contributed by atoms with Crippen molar-refractivity contribution in [2.24, 2.45) is 0 Å². The van der Waals surface area contributed by atoms with Crippen molar-refractivity contribution in [2.45, 2.75) is 18.7 Å². The van der Waals surface area contributed by atoms with Gasteiger partial charge in [0.25, 0.3) is 5.91 Å². The van der Waals surface area contributed by atoms with Crippen molar-refractivity contribution < 1.29 is 23.1 Å². The number of rotatable bonds is 4. The lowest BCUT2D eigenvalue weighted by Gasteiger charge is -2.39. The maximum absolute atomic E-state index is 13.2. The fourth-order valence-corrected chi connectivity index (χ4v) is 2.91. The first-order valence-electron chi connectivity index (χ1n) is 7.87. The Morgan fingerprint density at radius 2 is 2.04 bits per heavy atom. The predicted octanol–water partition coefficient (Wildman–Crippen LogP) is 1.98. The summed E-state index contributed by atoms with van der Waals surface area (Å²) in [6.45, 7) is 0.124. The minimum absolute atomic E-state index is 0.167. The fraction of sp³-hybridized carbons (Fsp3) is 0.333. The summed E-state index contributed by atoms with van der Waals surface area (Å²) in [6.07, 6.45) is 0.673. The number of furan rings is 1. The van der Waals surface area contributed by atoms with Gasteiger partial charge in [0.1, 0.15) is 18.2 Å². The highest BCUT2D eigenvalue weighted by atomic mass is 19.1. The molecule has 2 atom stereocenters. The van der Waals surface area contributed by atoms with Gasteiger partial charge in [-0.1, -0.05) is 12.1 Å². The molecule has 0 bridgehead atoms. The van der Waals surface area contributed by atoms with E-state index in [1.807, 2.05) is 0 Å². The van der Waals surface area contributed by atoms with Crippen molar-refractivity contribution in [1.82, 2.24) is 9.80 Å². The summed E-state index contributed by atoms with van der Waals surface area (Å²) in [5.41, 5.74) is 0.640. The third-order valence-electron chi connectivity index (χ3n) is 4.29. The van der Waals surface area contributed by atoms with Crippen LogP contribution in [0.2, 0.25) is 0 Å². The number of ether oxygens (including phenoxy) is 1. The molecule has 132 valence electrons. The fourth-order valence-electron chi connectivity index (χ4n) is 2.91. The van der Waals surface area contributed by atoms with Crippen LogP contribution in [0.4, 0.5) is 4.39 Å². The molecular formula is C18H19FN2O4. The number of halogens is 1. The maximum atomic E-state index is 13.2. The van der Waals surface area contributed by atoms with E-state index >= 15 is 0 Å². The standard InChI is InChI=1S/C18H19FN2O4/c1-20(10-14-4-3-9-24-14)18(23)17-16(21(2)15(22)11-25-17)12-5-7-13(19)8-6-12/h3-9,16-17H,10-11H2,1-2H3/t16-,17-/m1/s1. The van der Waals surface area contributed by atoms with E-state index in [4.69, 9.17) is 9.15 Å². The summed E-state index contributed by atoms with van der Waals surface area (Å²) in [5, 5.41) is 0. The predicted molar refractivity (Wildman–Crippen MR) is 86.8 cm³/mol. The monoisotopic (exact) mass is 346 g/mol. The molecule has 2 amide bonds. The quantitative estimate of drug-likeness (QED) is 0.849. The molecule has 7 heteroatoms. The number of likely N-dealkylation sites (N-methyl/N-ethyl adjacent to an activating group) is 2. The summed E-state index contributed by atoms with van der Waals surface area (Å²) in [7, 11) is 3.26. The van der Waals surface area contributed by atoms with Crippen molar-refractivity contribution >= 4 is 11.8 Å². The Balaban J connectivity index is 1.84. The van der Waals surface area contributed by atoms with Crippen LogP contribution < -0.4 is 0 Å². The van der Waals surface area contributed by atoms with Crippen molar-refractivity contribution in [3.8, 4) is 0 Å². The Hall–Kier alpha value is -2.67. The van der Waals surface area contributed by atoms with Gasteiger partial charge in [-0.05, 0) is 29.8 Å². The zero-order valence-corrected chi connectivity index (χ0v) is 14.0. The molecule has 0 N–H and O–H groups in total. The van der Waals surface area contributed by atoms with E-state index in [9.17, 15) is 14.0 Å². The molecule has 1 aliphatic rings. The second-order valence-electron chi connectivity index (χ2n) is 6.01. The topological polar surface area (TPSA) is 63.0 Å². The SMILES string of the molecule is CN(Cc1ccco1)C(=O)[C@@H]1OCC(=O)N(C)[C@@H]1c1ccc(F)cc1. The summed E-state index contributed by atoms with van der Waals surface area (Å²) in [5.74, 6) is -0.237. The van der Waals surface area contributed by atoms with Gasteiger partial charge in [0.15, 0.2) is 6.10 Å². The third kappa shape index (κ3) is 3.56. The molecule has 0 aliphatic carbocycles. The van der Waals surface area contributed by atoms with Crippen LogP contribution in [-0.4, -0.2) is 48.4 Å². The second kappa shape index (κ2) is 7.06. The molecule has 1 saturated heterocycles. The van der Waals surface area contributed by atoms with Crippen molar-refractivity contribution in [2.75, 3.05) is 20.7 Å². The van der Waals surface area contributed by atoms with Gasteiger partial charge in [0.2, 0.25) is 5.91 Å². The molecule has 0 unspecified atom stereocenters. The molecule has 6 nitrogen and oxygen atoms in total. The summed E-state index contributed by atoms with van der Waals surface area (Å²) in [4.78, 5) is 27.9. The highest BCUT2D eigenvalue weighted by molar-refractivity contribution is 5.86. The van der Waals surface area contributed by atoms with Crippen LogP contribution in [0.15, 0.2) is 47.1 Å². The normalized spacial score (nSPS) is 20.6. The largest absolute Gasteiger partial charge is 0.467 e. The van der Waals surface area contributed by atoms with Crippen LogP contribution in [0.5, 0.6) is 0 Å². The highest BCUT2D eigenvalue weighted by Gasteiger charge is 2.41. The van der Waals surface area contributed by atoms with E-state index in [1.165, 1.54) is 21.9 Å². The number of morpholine rings is 1. The molecular weight excluding hydrogens is 327 g/mol. The third-order valence-corrected chi connectivity index (χ3v) is 4.29. The van der Waals surface area contributed by atoms with E-state index in [0.29, 0.717) is 17.9 Å².